The summed E-state index contributed by atoms with van der Waals surface area (Å²) in [5.41, 5.74) is 0. The van der Waals surface area contributed by atoms with Crippen molar-refractivity contribution in [2.75, 3.05) is 0 Å². The zero-order valence-electron chi connectivity index (χ0n) is 13.4. The standard InChI is InChI=1S/C17H26N2OS/c1-10-6-5-7-14(12(10)3)19-16(18-13(4)17(19)20)15-9-8-11(2)21-15/h8-10,12-14,16,18H,5-7H2,1-4H3. The van der Waals surface area contributed by atoms with Gasteiger partial charge in [0.1, 0.15) is 6.17 Å². The van der Waals surface area contributed by atoms with Crippen molar-refractivity contribution in [3.05, 3.63) is 21.9 Å². The SMILES string of the molecule is Cc1ccc(C2NC(C)C(=O)N2C2CCCC(C)C2C)s1. The van der Waals surface area contributed by atoms with Crippen LogP contribution in [0.3, 0.4) is 0 Å². The van der Waals surface area contributed by atoms with E-state index in [9.17, 15) is 4.79 Å². The van der Waals surface area contributed by atoms with Crippen LogP contribution in [0.25, 0.3) is 0 Å². The summed E-state index contributed by atoms with van der Waals surface area (Å²) in [4.78, 5) is 17.5. The molecule has 1 saturated carbocycles. The molecule has 2 fully saturated rings. The molecule has 21 heavy (non-hydrogen) atoms. The number of hydrogen-bond acceptors (Lipinski definition) is 3. The second-order valence-corrected chi connectivity index (χ2v) is 8.14. The first-order valence-electron chi connectivity index (χ1n) is 8.13. The normalized spacial score (nSPS) is 37.2. The van der Waals surface area contributed by atoms with Crippen LogP contribution in [0.1, 0.15) is 56.0 Å². The smallest absolute Gasteiger partial charge is 0.241 e. The molecule has 4 heteroatoms. The average Bonchev–Trinajstić information content (AvgIpc) is 2.99. The minimum absolute atomic E-state index is 0.0677. The monoisotopic (exact) mass is 306 g/mol. The van der Waals surface area contributed by atoms with Crippen LogP contribution in [-0.4, -0.2) is 22.9 Å². The molecule has 1 aliphatic carbocycles. The van der Waals surface area contributed by atoms with Gasteiger partial charge in [0.05, 0.1) is 6.04 Å². The lowest BCUT2D eigenvalue weighted by Gasteiger charge is -2.42. The summed E-state index contributed by atoms with van der Waals surface area (Å²) in [5.74, 6) is 1.56. The van der Waals surface area contributed by atoms with Gasteiger partial charge in [0.2, 0.25) is 5.91 Å². The molecule has 2 heterocycles. The first-order valence-corrected chi connectivity index (χ1v) is 8.95. The number of nitrogens with zero attached hydrogens (tertiary/aromatic N) is 1. The molecule has 0 radical (unpaired) electrons. The summed E-state index contributed by atoms with van der Waals surface area (Å²) in [6, 6.07) is 4.64. The Kier molecular flexibility index (Phi) is 4.10. The quantitative estimate of drug-likeness (QED) is 0.903. The van der Waals surface area contributed by atoms with Crippen molar-refractivity contribution >= 4 is 17.2 Å². The number of carbonyl (C=O) groups is 1. The van der Waals surface area contributed by atoms with E-state index in [1.807, 2.05) is 6.92 Å². The molecule has 2 aliphatic rings. The van der Waals surface area contributed by atoms with Crippen molar-refractivity contribution in [2.45, 2.75) is 65.2 Å². The molecule has 1 N–H and O–H groups in total. The van der Waals surface area contributed by atoms with Gasteiger partial charge in [0, 0.05) is 15.8 Å². The van der Waals surface area contributed by atoms with E-state index in [4.69, 9.17) is 0 Å². The van der Waals surface area contributed by atoms with Crippen LogP contribution in [0.5, 0.6) is 0 Å². The summed E-state index contributed by atoms with van der Waals surface area (Å²) < 4.78 is 0. The van der Waals surface area contributed by atoms with Crippen LogP contribution in [0.15, 0.2) is 12.1 Å². The number of amides is 1. The van der Waals surface area contributed by atoms with E-state index in [0.717, 1.165) is 6.42 Å². The molecule has 1 aliphatic heterocycles. The van der Waals surface area contributed by atoms with Gasteiger partial charge in [-0.25, -0.2) is 0 Å². The van der Waals surface area contributed by atoms with Gasteiger partial charge < -0.3 is 4.90 Å². The maximum absolute atomic E-state index is 12.7. The van der Waals surface area contributed by atoms with Gasteiger partial charge in [-0.1, -0.05) is 26.7 Å². The van der Waals surface area contributed by atoms with E-state index in [0.29, 0.717) is 17.9 Å². The van der Waals surface area contributed by atoms with Crippen molar-refractivity contribution in [3.8, 4) is 0 Å². The molecular weight excluding hydrogens is 280 g/mol. The molecule has 0 aromatic carbocycles. The fourth-order valence-corrected chi connectivity index (χ4v) is 4.80. The molecule has 1 amide bonds. The Bertz CT molecular complexity index is 527. The van der Waals surface area contributed by atoms with Crippen LogP contribution < -0.4 is 5.32 Å². The van der Waals surface area contributed by atoms with E-state index >= 15 is 0 Å². The Labute approximate surface area is 131 Å². The third kappa shape index (κ3) is 2.64. The molecule has 3 nitrogen and oxygen atoms in total. The third-order valence-corrected chi connectivity index (χ3v) is 6.42. The van der Waals surface area contributed by atoms with Crippen molar-refractivity contribution in [1.29, 1.82) is 0 Å². The van der Waals surface area contributed by atoms with E-state index in [1.165, 1.54) is 22.6 Å². The van der Waals surface area contributed by atoms with Crippen LogP contribution >= 0.6 is 11.3 Å². The molecule has 1 aromatic rings. The van der Waals surface area contributed by atoms with Gasteiger partial charge in [-0.05, 0) is 44.2 Å². The Morgan fingerprint density at radius 2 is 2.00 bits per heavy atom. The molecule has 1 saturated heterocycles. The fourth-order valence-electron chi connectivity index (χ4n) is 3.86. The highest BCUT2D eigenvalue weighted by atomic mass is 32.1. The minimum Gasteiger partial charge on any atom is -0.317 e. The highest BCUT2D eigenvalue weighted by Gasteiger charge is 2.44. The van der Waals surface area contributed by atoms with Crippen molar-refractivity contribution < 1.29 is 4.79 Å². The average molecular weight is 306 g/mol. The molecule has 1 aromatic heterocycles. The van der Waals surface area contributed by atoms with E-state index in [1.54, 1.807) is 11.3 Å². The number of nitrogens with one attached hydrogen (secondary N) is 1. The van der Waals surface area contributed by atoms with Gasteiger partial charge in [0.25, 0.3) is 0 Å². The van der Waals surface area contributed by atoms with Crippen molar-refractivity contribution in [3.63, 3.8) is 0 Å². The van der Waals surface area contributed by atoms with Crippen LogP contribution in [0.4, 0.5) is 0 Å². The topological polar surface area (TPSA) is 32.3 Å². The predicted octanol–water partition coefficient (Wildman–Crippen LogP) is 3.70. The number of carbonyl (C=O) groups excluding carboxylic acids is 1. The lowest BCUT2D eigenvalue weighted by Crippen LogP contribution is -2.46. The fraction of sp³-hybridized carbons (Fsp3) is 0.706. The van der Waals surface area contributed by atoms with E-state index in [2.05, 4.69) is 43.1 Å². The van der Waals surface area contributed by atoms with Crippen LogP contribution in [-0.2, 0) is 4.79 Å². The Hall–Kier alpha value is -0.870. The van der Waals surface area contributed by atoms with Gasteiger partial charge in [0.15, 0.2) is 0 Å². The number of hydrogen-bond donors (Lipinski definition) is 1. The second-order valence-electron chi connectivity index (χ2n) is 6.82. The molecule has 5 atom stereocenters. The van der Waals surface area contributed by atoms with E-state index in [-0.39, 0.29) is 18.1 Å². The highest BCUT2D eigenvalue weighted by molar-refractivity contribution is 7.12. The zero-order valence-corrected chi connectivity index (χ0v) is 14.2. The highest BCUT2D eigenvalue weighted by Crippen LogP contribution is 2.39. The Balaban J connectivity index is 1.91. The summed E-state index contributed by atoms with van der Waals surface area (Å²) in [6.45, 7) is 8.77. The first-order chi connectivity index (χ1) is 9.99. The zero-order chi connectivity index (χ0) is 15.1. The maximum atomic E-state index is 12.7. The minimum atomic E-state index is -0.0677. The second kappa shape index (κ2) is 5.73. The Morgan fingerprint density at radius 1 is 1.24 bits per heavy atom. The number of rotatable bonds is 2. The van der Waals surface area contributed by atoms with Crippen molar-refractivity contribution in [2.24, 2.45) is 11.8 Å². The number of thiophene rings is 1. The first kappa shape index (κ1) is 15.0. The number of aryl methyl sites for hydroxylation is 1. The summed E-state index contributed by atoms with van der Waals surface area (Å²) in [7, 11) is 0. The molecule has 116 valence electrons. The van der Waals surface area contributed by atoms with Gasteiger partial charge in [-0.3, -0.25) is 10.1 Å². The molecule has 5 unspecified atom stereocenters. The predicted molar refractivity (Wildman–Crippen MR) is 87.2 cm³/mol. The lowest BCUT2D eigenvalue weighted by molar-refractivity contribution is -0.134. The molecule has 3 rings (SSSR count). The lowest BCUT2D eigenvalue weighted by atomic mass is 9.77. The molecule has 0 bridgehead atoms. The third-order valence-electron chi connectivity index (χ3n) is 5.36. The molecular formula is C17H26N2OS. The maximum Gasteiger partial charge on any atom is 0.241 e. The van der Waals surface area contributed by atoms with E-state index < -0.39 is 0 Å². The summed E-state index contributed by atoms with van der Waals surface area (Å²) in [6.07, 6.45) is 3.76. The Morgan fingerprint density at radius 3 is 2.67 bits per heavy atom. The van der Waals surface area contributed by atoms with Crippen LogP contribution in [0.2, 0.25) is 0 Å². The van der Waals surface area contributed by atoms with Crippen molar-refractivity contribution in [1.82, 2.24) is 10.2 Å². The molecule has 0 spiro atoms. The van der Waals surface area contributed by atoms with Gasteiger partial charge >= 0.3 is 0 Å². The van der Waals surface area contributed by atoms with Gasteiger partial charge in [-0.2, -0.15) is 0 Å². The van der Waals surface area contributed by atoms with Gasteiger partial charge in [-0.15, -0.1) is 11.3 Å². The summed E-state index contributed by atoms with van der Waals surface area (Å²) >= 11 is 1.80. The van der Waals surface area contributed by atoms with Crippen LogP contribution in [0, 0.1) is 18.8 Å². The largest absolute Gasteiger partial charge is 0.317 e. The summed E-state index contributed by atoms with van der Waals surface area (Å²) in [5, 5.41) is 3.50.